The first-order chi connectivity index (χ1) is 14.8. The molecule has 0 aliphatic carbocycles. The van der Waals surface area contributed by atoms with Crippen molar-refractivity contribution in [3.63, 3.8) is 0 Å². The molecule has 0 radical (unpaired) electrons. The van der Waals surface area contributed by atoms with E-state index in [-0.39, 0.29) is 18.4 Å². The zero-order chi connectivity index (χ0) is 20.1. The van der Waals surface area contributed by atoms with Crippen LogP contribution in [0.1, 0.15) is 28.3 Å². The summed E-state index contributed by atoms with van der Waals surface area (Å²) in [5.41, 5.74) is 4.69. The lowest BCUT2D eigenvalue weighted by molar-refractivity contribution is -0.132. The van der Waals surface area contributed by atoms with Gasteiger partial charge in [-0.1, -0.05) is 24.3 Å². The van der Waals surface area contributed by atoms with E-state index in [0.717, 1.165) is 49.9 Å². The Kier molecular flexibility index (Phi) is 3.92. The SMILES string of the molecule is O=C(Cc1nc2ccccc2s1)N1CCc2[nH]cnc2[C@H]1c1nc2ccccc2[nH]1. The highest BCUT2D eigenvalue weighted by Gasteiger charge is 2.36. The number of nitrogens with one attached hydrogen (secondary N) is 2. The molecule has 0 fully saturated rings. The molecule has 8 heteroatoms. The third-order valence-corrected chi connectivity index (χ3v) is 6.59. The molecule has 6 rings (SSSR count). The smallest absolute Gasteiger partial charge is 0.230 e. The van der Waals surface area contributed by atoms with Crippen molar-refractivity contribution in [3.8, 4) is 0 Å². The predicted molar refractivity (Wildman–Crippen MR) is 115 cm³/mol. The molecule has 30 heavy (non-hydrogen) atoms. The van der Waals surface area contributed by atoms with Gasteiger partial charge >= 0.3 is 0 Å². The van der Waals surface area contributed by atoms with E-state index in [1.807, 2.05) is 53.4 Å². The van der Waals surface area contributed by atoms with Crippen LogP contribution in [0.4, 0.5) is 0 Å². The summed E-state index contributed by atoms with van der Waals surface area (Å²) in [5, 5.41) is 0.831. The number of amides is 1. The molecule has 1 amide bonds. The van der Waals surface area contributed by atoms with Crippen LogP contribution in [0, 0.1) is 0 Å². The molecule has 0 saturated carbocycles. The highest BCUT2D eigenvalue weighted by Crippen LogP contribution is 2.33. The van der Waals surface area contributed by atoms with Crippen LogP contribution in [0.5, 0.6) is 0 Å². The van der Waals surface area contributed by atoms with Gasteiger partial charge in [-0.05, 0) is 24.3 Å². The number of hydrogen-bond donors (Lipinski definition) is 2. The number of carbonyl (C=O) groups excluding carboxylic acids is 1. The van der Waals surface area contributed by atoms with Crippen LogP contribution in [0.2, 0.25) is 0 Å². The number of para-hydroxylation sites is 3. The molecule has 0 saturated heterocycles. The Morgan fingerprint density at radius 3 is 2.80 bits per heavy atom. The van der Waals surface area contributed by atoms with Gasteiger partial charge in [0.1, 0.15) is 16.9 Å². The Morgan fingerprint density at radius 2 is 1.93 bits per heavy atom. The van der Waals surface area contributed by atoms with E-state index < -0.39 is 0 Å². The van der Waals surface area contributed by atoms with Crippen molar-refractivity contribution in [1.29, 1.82) is 0 Å². The minimum absolute atomic E-state index is 0.0353. The molecule has 4 heterocycles. The summed E-state index contributed by atoms with van der Waals surface area (Å²) in [7, 11) is 0. The third kappa shape index (κ3) is 2.80. The average Bonchev–Trinajstić information content (AvgIpc) is 3.49. The number of hydrogen-bond acceptors (Lipinski definition) is 5. The van der Waals surface area contributed by atoms with Crippen LogP contribution >= 0.6 is 11.3 Å². The van der Waals surface area contributed by atoms with E-state index in [9.17, 15) is 4.79 Å². The minimum atomic E-state index is -0.339. The van der Waals surface area contributed by atoms with Crippen LogP contribution in [0.25, 0.3) is 21.3 Å². The van der Waals surface area contributed by atoms with Crippen molar-refractivity contribution in [2.75, 3.05) is 6.54 Å². The second-order valence-corrected chi connectivity index (χ2v) is 8.51. The van der Waals surface area contributed by atoms with E-state index in [2.05, 4.69) is 19.9 Å². The van der Waals surface area contributed by atoms with Gasteiger partial charge in [0.2, 0.25) is 5.91 Å². The molecule has 3 aromatic heterocycles. The second kappa shape index (κ2) is 6.77. The lowest BCUT2D eigenvalue weighted by Crippen LogP contribution is -2.42. The number of rotatable bonds is 3. The number of thiazole rings is 1. The second-order valence-electron chi connectivity index (χ2n) is 7.40. The van der Waals surface area contributed by atoms with Crippen LogP contribution in [-0.4, -0.2) is 42.3 Å². The summed E-state index contributed by atoms with van der Waals surface area (Å²) < 4.78 is 1.10. The number of imidazole rings is 2. The number of nitrogens with zero attached hydrogens (tertiary/aromatic N) is 4. The Hall–Kier alpha value is -3.52. The average molecular weight is 414 g/mol. The van der Waals surface area contributed by atoms with Gasteiger partial charge in [-0.25, -0.2) is 15.0 Å². The van der Waals surface area contributed by atoms with Gasteiger partial charge in [-0.15, -0.1) is 11.3 Å². The fourth-order valence-electron chi connectivity index (χ4n) is 4.15. The van der Waals surface area contributed by atoms with Crippen molar-refractivity contribution in [2.24, 2.45) is 0 Å². The first-order valence-corrected chi connectivity index (χ1v) is 10.7. The topological polar surface area (TPSA) is 90.6 Å². The van der Waals surface area contributed by atoms with E-state index in [1.54, 1.807) is 17.7 Å². The summed E-state index contributed by atoms with van der Waals surface area (Å²) in [6.45, 7) is 0.612. The maximum Gasteiger partial charge on any atom is 0.230 e. The van der Waals surface area contributed by atoms with Crippen LogP contribution < -0.4 is 0 Å². The number of carbonyl (C=O) groups is 1. The Balaban J connectivity index is 1.37. The first kappa shape index (κ1) is 17.3. The van der Waals surface area contributed by atoms with Crippen molar-refractivity contribution in [1.82, 2.24) is 29.8 Å². The van der Waals surface area contributed by atoms with Crippen LogP contribution in [0.15, 0.2) is 54.9 Å². The summed E-state index contributed by atoms with van der Waals surface area (Å²) in [4.78, 5) is 35.8. The fourth-order valence-corrected chi connectivity index (χ4v) is 5.11. The van der Waals surface area contributed by atoms with E-state index in [1.165, 1.54) is 0 Å². The zero-order valence-electron chi connectivity index (χ0n) is 16.0. The quantitative estimate of drug-likeness (QED) is 0.472. The van der Waals surface area contributed by atoms with E-state index in [4.69, 9.17) is 4.98 Å². The molecule has 1 atom stereocenters. The molecular weight excluding hydrogens is 396 g/mol. The highest BCUT2D eigenvalue weighted by atomic mass is 32.1. The van der Waals surface area contributed by atoms with Crippen LogP contribution in [-0.2, 0) is 17.6 Å². The largest absolute Gasteiger partial charge is 0.348 e. The Morgan fingerprint density at radius 1 is 1.10 bits per heavy atom. The fraction of sp³-hybridized carbons (Fsp3) is 0.182. The lowest BCUT2D eigenvalue weighted by atomic mass is 10.0. The molecule has 2 aromatic carbocycles. The van der Waals surface area contributed by atoms with Crippen molar-refractivity contribution >= 4 is 38.5 Å². The van der Waals surface area contributed by atoms with E-state index in [0.29, 0.717) is 6.54 Å². The summed E-state index contributed by atoms with van der Waals surface area (Å²) in [6, 6.07) is 15.5. The summed E-state index contributed by atoms with van der Waals surface area (Å²) in [5.74, 6) is 0.773. The number of benzene rings is 2. The Bertz CT molecular complexity index is 1320. The Labute approximate surface area is 175 Å². The number of aromatic amines is 2. The first-order valence-electron chi connectivity index (χ1n) is 9.87. The van der Waals surface area contributed by atoms with Gasteiger partial charge in [0.15, 0.2) is 0 Å². The maximum absolute atomic E-state index is 13.4. The lowest BCUT2D eigenvalue weighted by Gasteiger charge is -2.33. The normalized spacial score (nSPS) is 16.3. The van der Waals surface area contributed by atoms with Crippen molar-refractivity contribution < 1.29 is 4.79 Å². The highest BCUT2D eigenvalue weighted by molar-refractivity contribution is 7.18. The van der Waals surface area contributed by atoms with Gasteiger partial charge in [-0.3, -0.25) is 4.79 Å². The van der Waals surface area contributed by atoms with E-state index >= 15 is 0 Å². The minimum Gasteiger partial charge on any atom is -0.348 e. The third-order valence-electron chi connectivity index (χ3n) is 5.55. The van der Waals surface area contributed by atoms with Gasteiger partial charge in [0, 0.05) is 18.7 Å². The van der Waals surface area contributed by atoms with Crippen molar-refractivity contribution in [2.45, 2.75) is 18.9 Å². The number of aromatic nitrogens is 5. The van der Waals surface area contributed by atoms with Crippen molar-refractivity contribution in [3.05, 3.63) is 77.1 Å². The molecule has 0 spiro atoms. The molecule has 2 N–H and O–H groups in total. The molecule has 1 aliphatic rings. The molecule has 148 valence electrons. The predicted octanol–water partition coefficient (Wildman–Crippen LogP) is 3.61. The standard InChI is InChI=1S/C22H18N6OS/c29-19(11-18-25-15-7-3-4-8-17(15)30-18)28-10-9-16-20(24-12-23-16)21(28)22-26-13-5-1-2-6-14(13)27-22/h1-8,12,21H,9-11H2,(H,23,24)(H,26,27)/t21-/m0/s1. The van der Waals surface area contributed by atoms with Gasteiger partial charge in [0.05, 0.1) is 39.7 Å². The van der Waals surface area contributed by atoms with Crippen LogP contribution in [0.3, 0.4) is 0 Å². The van der Waals surface area contributed by atoms with Gasteiger partial charge < -0.3 is 14.9 Å². The molecule has 5 aromatic rings. The zero-order valence-corrected chi connectivity index (χ0v) is 16.8. The molecule has 0 unspecified atom stereocenters. The molecular formula is C22H18N6OS. The monoisotopic (exact) mass is 414 g/mol. The molecule has 1 aliphatic heterocycles. The summed E-state index contributed by atoms with van der Waals surface area (Å²) >= 11 is 1.57. The van der Waals surface area contributed by atoms with Gasteiger partial charge in [-0.2, -0.15) is 0 Å². The summed E-state index contributed by atoms with van der Waals surface area (Å²) in [6.07, 6.45) is 2.72. The number of fused-ring (bicyclic) bond motifs is 3. The molecule has 7 nitrogen and oxygen atoms in total. The maximum atomic E-state index is 13.4. The number of H-pyrrole nitrogens is 2. The molecule has 0 bridgehead atoms. The van der Waals surface area contributed by atoms with Gasteiger partial charge in [0.25, 0.3) is 0 Å².